The minimum atomic E-state index is -0.290. The van der Waals surface area contributed by atoms with Crippen LogP contribution in [0.1, 0.15) is 25.5 Å². The molecule has 1 aliphatic rings. The number of esters is 1. The highest BCUT2D eigenvalue weighted by molar-refractivity contribution is 6.39. The molecule has 6 nitrogen and oxygen atoms in total. The highest BCUT2D eigenvalue weighted by atomic mass is 35.5. The number of hydrogen-bond acceptors (Lipinski definition) is 5. The molecule has 1 atom stereocenters. The van der Waals surface area contributed by atoms with Gasteiger partial charge in [-0.2, -0.15) is 0 Å². The quantitative estimate of drug-likeness (QED) is 0.677. The van der Waals surface area contributed by atoms with Gasteiger partial charge in [0.15, 0.2) is 12.4 Å². The molecule has 1 unspecified atom stereocenters. The van der Waals surface area contributed by atoms with Crippen molar-refractivity contribution in [1.82, 2.24) is 9.88 Å². The minimum Gasteiger partial charge on any atom is -0.480 e. The number of ether oxygens (including phenoxy) is 2. The summed E-state index contributed by atoms with van der Waals surface area (Å²) in [5, 5.41) is 1.48. The summed E-state index contributed by atoms with van der Waals surface area (Å²) in [6.07, 6.45) is 1.47. The summed E-state index contributed by atoms with van der Waals surface area (Å²) in [5.74, 6) is -0.424. The van der Waals surface area contributed by atoms with E-state index in [9.17, 15) is 9.59 Å². The molecule has 1 aliphatic heterocycles. The Kier molecular flexibility index (Phi) is 6.62. The third kappa shape index (κ3) is 4.50. The Morgan fingerprint density at radius 2 is 2.07 bits per heavy atom. The number of halogens is 2. The maximum Gasteiger partial charge on any atom is 0.310 e. The predicted octanol–water partition coefficient (Wildman–Crippen LogP) is 4.03. The van der Waals surface area contributed by atoms with Crippen molar-refractivity contribution in [2.24, 2.45) is 5.92 Å². The molecule has 1 amide bonds. The Morgan fingerprint density at radius 3 is 2.82 bits per heavy atom. The first-order valence-electron chi connectivity index (χ1n) is 9.23. The van der Waals surface area contributed by atoms with Gasteiger partial charge in [0.25, 0.3) is 5.91 Å². The lowest BCUT2D eigenvalue weighted by Gasteiger charge is -2.31. The van der Waals surface area contributed by atoms with Gasteiger partial charge in [0, 0.05) is 24.2 Å². The number of nitrogens with zero attached hydrogens (tertiary/aromatic N) is 2. The fourth-order valence-electron chi connectivity index (χ4n) is 3.31. The molecule has 150 valence electrons. The molecule has 2 heterocycles. The largest absolute Gasteiger partial charge is 0.480 e. The number of pyridine rings is 1. The minimum absolute atomic E-state index is 0.193. The van der Waals surface area contributed by atoms with E-state index in [-0.39, 0.29) is 24.4 Å². The van der Waals surface area contributed by atoms with Gasteiger partial charge in [0.1, 0.15) is 5.52 Å². The number of amides is 1. The van der Waals surface area contributed by atoms with E-state index in [0.29, 0.717) is 46.4 Å². The lowest BCUT2D eigenvalue weighted by atomic mass is 9.98. The Labute approximate surface area is 173 Å². The number of likely N-dealkylation sites (tertiary alicyclic amines) is 1. The first kappa shape index (κ1) is 20.7. The Balaban J connectivity index is 1.73. The van der Waals surface area contributed by atoms with Crippen molar-refractivity contribution in [3.05, 3.63) is 33.9 Å². The van der Waals surface area contributed by atoms with Gasteiger partial charge in [-0.25, -0.2) is 4.98 Å². The van der Waals surface area contributed by atoms with E-state index in [1.165, 1.54) is 0 Å². The Morgan fingerprint density at radius 1 is 1.29 bits per heavy atom. The Hall–Kier alpha value is -2.05. The van der Waals surface area contributed by atoms with Gasteiger partial charge in [-0.15, -0.1) is 0 Å². The van der Waals surface area contributed by atoms with Crippen LogP contribution in [0.15, 0.2) is 18.2 Å². The van der Waals surface area contributed by atoms with Crippen LogP contribution in [-0.2, 0) is 14.3 Å². The number of carbonyl (C=O) groups excluding carboxylic acids is 2. The van der Waals surface area contributed by atoms with E-state index < -0.39 is 0 Å². The summed E-state index contributed by atoms with van der Waals surface area (Å²) in [6.45, 7) is 4.69. The van der Waals surface area contributed by atoms with Crippen LogP contribution in [0.5, 0.6) is 5.75 Å². The zero-order valence-corrected chi connectivity index (χ0v) is 17.3. The smallest absolute Gasteiger partial charge is 0.310 e. The maximum absolute atomic E-state index is 12.6. The first-order valence-corrected chi connectivity index (χ1v) is 9.98. The molecule has 0 bridgehead atoms. The number of aryl methyl sites for hydroxylation is 1. The second-order valence-corrected chi connectivity index (χ2v) is 7.55. The zero-order chi connectivity index (χ0) is 20.3. The molecule has 0 radical (unpaired) electrons. The molecule has 0 spiro atoms. The van der Waals surface area contributed by atoms with E-state index in [1.54, 1.807) is 17.9 Å². The van der Waals surface area contributed by atoms with Gasteiger partial charge in [-0.3, -0.25) is 9.59 Å². The highest BCUT2D eigenvalue weighted by Crippen LogP contribution is 2.37. The summed E-state index contributed by atoms with van der Waals surface area (Å²) in [4.78, 5) is 30.7. The summed E-state index contributed by atoms with van der Waals surface area (Å²) in [6, 6.07) is 5.28. The number of benzene rings is 1. The van der Waals surface area contributed by atoms with Gasteiger partial charge < -0.3 is 14.4 Å². The van der Waals surface area contributed by atoms with E-state index in [1.807, 2.05) is 19.1 Å². The number of piperidine rings is 1. The summed E-state index contributed by atoms with van der Waals surface area (Å²) < 4.78 is 10.8. The van der Waals surface area contributed by atoms with Crippen LogP contribution in [0.25, 0.3) is 10.9 Å². The molecule has 0 saturated carbocycles. The highest BCUT2D eigenvalue weighted by Gasteiger charge is 2.29. The topological polar surface area (TPSA) is 68.7 Å². The standard InChI is InChI=1S/C20H22Cl2N2O4/c1-3-27-20(26)13-5-4-8-24(10-13)17(25)11-28-19-16(22)9-15(21)14-7-6-12(2)23-18(14)19/h6-7,9,13H,3-5,8,10-11H2,1-2H3. The van der Waals surface area contributed by atoms with Crippen molar-refractivity contribution >= 4 is 46.0 Å². The number of carbonyl (C=O) groups is 2. The van der Waals surface area contributed by atoms with Crippen molar-refractivity contribution in [3.63, 3.8) is 0 Å². The molecule has 8 heteroatoms. The molecular formula is C20H22Cl2N2O4. The number of hydrogen-bond donors (Lipinski definition) is 0. The first-order chi connectivity index (χ1) is 13.4. The number of aromatic nitrogens is 1. The van der Waals surface area contributed by atoms with E-state index in [4.69, 9.17) is 32.7 Å². The molecule has 0 N–H and O–H groups in total. The second kappa shape index (κ2) is 8.97. The van der Waals surface area contributed by atoms with Gasteiger partial charge in [0.2, 0.25) is 0 Å². The number of rotatable bonds is 5. The monoisotopic (exact) mass is 424 g/mol. The molecule has 0 aliphatic carbocycles. The van der Waals surface area contributed by atoms with Gasteiger partial charge in [-0.1, -0.05) is 23.2 Å². The predicted molar refractivity (Wildman–Crippen MR) is 108 cm³/mol. The maximum atomic E-state index is 12.6. The van der Waals surface area contributed by atoms with E-state index >= 15 is 0 Å². The van der Waals surface area contributed by atoms with Gasteiger partial charge in [0.05, 0.1) is 22.6 Å². The zero-order valence-electron chi connectivity index (χ0n) is 15.8. The number of fused-ring (bicyclic) bond motifs is 1. The van der Waals surface area contributed by atoms with Crippen molar-refractivity contribution in [1.29, 1.82) is 0 Å². The molecule has 2 aromatic rings. The van der Waals surface area contributed by atoms with Gasteiger partial charge in [-0.05, 0) is 44.9 Å². The van der Waals surface area contributed by atoms with Crippen LogP contribution in [-0.4, -0.2) is 48.1 Å². The van der Waals surface area contributed by atoms with Crippen LogP contribution in [0.4, 0.5) is 0 Å². The molecular weight excluding hydrogens is 403 g/mol. The summed E-state index contributed by atoms with van der Waals surface area (Å²) in [7, 11) is 0. The third-order valence-electron chi connectivity index (χ3n) is 4.71. The molecule has 1 aromatic heterocycles. The van der Waals surface area contributed by atoms with Crippen LogP contribution in [0.2, 0.25) is 10.0 Å². The fourth-order valence-corrected chi connectivity index (χ4v) is 3.88. The van der Waals surface area contributed by atoms with E-state index in [0.717, 1.165) is 18.5 Å². The lowest BCUT2D eigenvalue weighted by Crippen LogP contribution is -2.44. The summed E-state index contributed by atoms with van der Waals surface area (Å²) in [5.41, 5.74) is 1.31. The average Bonchev–Trinajstić information content (AvgIpc) is 2.67. The van der Waals surface area contributed by atoms with Gasteiger partial charge >= 0.3 is 5.97 Å². The SMILES string of the molecule is CCOC(=O)C1CCCN(C(=O)COc2c(Cl)cc(Cl)c3ccc(C)nc23)C1. The molecule has 28 heavy (non-hydrogen) atoms. The summed E-state index contributed by atoms with van der Waals surface area (Å²) >= 11 is 12.5. The van der Waals surface area contributed by atoms with E-state index in [2.05, 4.69) is 4.98 Å². The normalized spacial score (nSPS) is 16.9. The van der Waals surface area contributed by atoms with Crippen LogP contribution >= 0.6 is 23.2 Å². The van der Waals surface area contributed by atoms with Crippen molar-refractivity contribution in [2.75, 3.05) is 26.3 Å². The fraction of sp³-hybridized carbons (Fsp3) is 0.450. The second-order valence-electron chi connectivity index (χ2n) is 6.74. The van der Waals surface area contributed by atoms with Crippen LogP contribution < -0.4 is 4.74 Å². The van der Waals surface area contributed by atoms with Crippen molar-refractivity contribution < 1.29 is 19.1 Å². The molecule has 1 aromatic carbocycles. The lowest BCUT2D eigenvalue weighted by molar-refractivity contribution is -0.151. The molecule has 1 saturated heterocycles. The third-order valence-corrected chi connectivity index (χ3v) is 5.30. The van der Waals surface area contributed by atoms with Crippen molar-refractivity contribution in [2.45, 2.75) is 26.7 Å². The average molecular weight is 425 g/mol. The van der Waals surface area contributed by atoms with Crippen molar-refractivity contribution in [3.8, 4) is 5.75 Å². The Bertz CT molecular complexity index is 903. The van der Waals surface area contributed by atoms with Crippen LogP contribution in [0, 0.1) is 12.8 Å². The van der Waals surface area contributed by atoms with Crippen LogP contribution in [0.3, 0.4) is 0 Å². The molecule has 3 rings (SSSR count). The molecule has 1 fully saturated rings.